The Morgan fingerprint density at radius 2 is 2.00 bits per heavy atom. The number of pyridine rings is 1. The standard InChI is InChI=1S/C27H26ClF3N4O3/c1-4-22(34-25(36)14-38-27(30)31)19-8-15(2)9-21(28)20(19)13-37-24-7-5-6-18-23(10-16(3)33-26(18)24)35-12-17(29)11-32-35/h5-12,22,27H,4,13-14H2,1-3H3,(H,34,36)/t22-/m0/s1. The van der Waals surface area contributed by atoms with Crippen molar-refractivity contribution in [3.63, 3.8) is 0 Å². The molecule has 0 radical (unpaired) electrons. The predicted molar refractivity (Wildman–Crippen MR) is 137 cm³/mol. The van der Waals surface area contributed by atoms with Crippen molar-refractivity contribution in [2.75, 3.05) is 6.61 Å². The first-order valence-electron chi connectivity index (χ1n) is 11.9. The fourth-order valence-corrected chi connectivity index (χ4v) is 4.59. The number of benzene rings is 2. The largest absolute Gasteiger partial charge is 0.487 e. The number of alkyl halides is 2. The van der Waals surface area contributed by atoms with E-state index < -0.39 is 31.0 Å². The van der Waals surface area contributed by atoms with Crippen molar-refractivity contribution in [3.8, 4) is 11.4 Å². The quantitative estimate of drug-likeness (QED) is 0.256. The van der Waals surface area contributed by atoms with Gasteiger partial charge in [-0.05, 0) is 49.6 Å². The number of amides is 1. The Kier molecular flexibility index (Phi) is 8.53. The summed E-state index contributed by atoms with van der Waals surface area (Å²) in [5.74, 6) is -0.650. The summed E-state index contributed by atoms with van der Waals surface area (Å²) in [6.45, 7) is 1.80. The van der Waals surface area contributed by atoms with Gasteiger partial charge in [0.25, 0.3) is 0 Å². The summed E-state index contributed by atoms with van der Waals surface area (Å²) in [4.78, 5) is 16.8. The van der Waals surface area contributed by atoms with Crippen molar-refractivity contribution in [1.82, 2.24) is 20.1 Å². The molecule has 0 spiro atoms. The third-order valence-electron chi connectivity index (χ3n) is 5.91. The Labute approximate surface area is 222 Å². The Morgan fingerprint density at radius 3 is 2.68 bits per heavy atom. The monoisotopic (exact) mass is 546 g/mol. The van der Waals surface area contributed by atoms with E-state index in [0.717, 1.165) is 11.8 Å². The SMILES string of the molecule is CC[C@H](NC(=O)COC(F)F)c1cc(C)cc(Cl)c1COc1cccc2c(-n3cc(F)cn3)cc(C)nc12. The Balaban J connectivity index is 1.66. The number of fused-ring (bicyclic) bond motifs is 1. The van der Waals surface area contributed by atoms with Gasteiger partial charge in [0.1, 0.15) is 24.5 Å². The Bertz CT molecular complexity index is 1460. The molecule has 0 aliphatic carbocycles. The molecule has 2 heterocycles. The molecule has 1 amide bonds. The minimum atomic E-state index is -3.04. The van der Waals surface area contributed by atoms with Crippen LogP contribution in [0.25, 0.3) is 16.6 Å². The van der Waals surface area contributed by atoms with Crippen LogP contribution in [0.2, 0.25) is 5.02 Å². The minimum Gasteiger partial charge on any atom is -0.487 e. The number of hydrogen-bond acceptors (Lipinski definition) is 5. The van der Waals surface area contributed by atoms with Crippen molar-refractivity contribution >= 4 is 28.4 Å². The number of aromatic nitrogens is 3. The highest BCUT2D eigenvalue weighted by Crippen LogP contribution is 2.33. The third-order valence-corrected chi connectivity index (χ3v) is 6.25. The molecular formula is C27H26ClF3N4O3. The van der Waals surface area contributed by atoms with E-state index in [1.54, 1.807) is 24.3 Å². The zero-order valence-corrected chi connectivity index (χ0v) is 21.7. The van der Waals surface area contributed by atoms with Crippen molar-refractivity contribution in [2.45, 2.75) is 46.5 Å². The second kappa shape index (κ2) is 11.8. The first-order valence-corrected chi connectivity index (χ1v) is 12.3. The number of aryl methyl sites for hydroxylation is 2. The summed E-state index contributed by atoms with van der Waals surface area (Å²) in [6, 6.07) is 10.4. The number of nitrogens with one attached hydrogen (secondary N) is 1. The molecule has 0 aliphatic heterocycles. The smallest absolute Gasteiger partial charge is 0.345 e. The summed E-state index contributed by atoms with van der Waals surface area (Å²) in [5, 5.41) is 7.96. The van der Waals surface area contributed by atoms with Crippen LogP contribution in [0, 0.1) is 19.7 Å². The van der Waals surface area contributed by atoms with Crippen molar-refractivity contribution in [3.05, 3.63) is 82.0 Å². The lowest BCUT2D eigenvalue weighted by molar-refractivity contribution is -0.152. The molecule has 0 aliphatic rings. The van der Waals surface area contributed by atoms with Gasteiger partial charge in [-0.1, -0.05) is 36.7 Å². The second-order valence-electron chi connectivity index (χ2n) is 8.74. The molecule has 0 fully saturated rings. The van der Waals surface area contributed by atoms with Crippen LogP contribution in [-0.4, -0.2) is 33.9 Å². The lowest BCUT2D eigenvalue weighted by Gasteiger charge is -2.23. The summed E-state index contributed by atoms with van der Waals surface area (Å²) in [5.41, 5.74) is 4.11. The fourth-order valence-electron chi connectivity index (χ4n) is 4.25. The predicted octanol–water partition coefficient (Wildman–Crippen LogP) is 6.22. The molecule has 0 bridgehead atoms. The molecule has 4 rings (SSSR count). The molecule has 4 aromatic rings. The van der Waals surface area contributed by atoms with E-state index in [1.807, 2.05) is 32.9 Å². The fraction of sp³-hybridized carbons (Fsp3) is 0.296. The topological polar surface area (TPSA) is 78.3 Å². The maximum absolute atomic E-state index is 13.7. The maximum Gasteiger partial charge on any atom is 0.345 e. The van der Waals surface area contributed by atoms with E-state index in [2.05, 4.69) is 20.1 Å². The third kappa shape index (κ3) is 6.25. The summed E-state index contributed by atoms with van der Waals surface area (Å²) >= 11 is 6.61. The van der Waals surface area contributed by atoms with Gasteiger partial charge in [-0.15, -0.1) is 0 Å². The van der Waals surface area contributed by atoms with Gasteiger partial charge < -0.3 is 14.8 Å². The molecule has 200 valence electrons. The number of carbonyl (C=O) groups excluding carboxylic acids is 1. The van der Waals surface area contributed by atoms with Gasteiger partial charge in [-0.3, -0.25) is 4.79 Å². The number of ether oxygens (including phenoxy) is 2. The lowest BCUT2D eigenvalue weighted by atomic mass is 9.96. The number of para-hydroxylation sites is 1. The molecular weight excluding hydrogens is 521 g/mol. The van der Waals surface area contributed by atoms with E-state index in [-0.39, 0.29) is 6.61 Å². The van der Waals surface area contributed by atoms with Gasteiger partial charge >= 0.3 is 6.61 Å². The summed E-state index contributed by atoms with van der Waals surface area (Å²) in [6.07, 6.45) is 2.89. The molecule has 38 heavy (non-hydrogen) atoms. The normalized spacial score (nSPS) is 12.2. The number of nitrogens with zero attached hydrogens (tertiary/aromatic N) is 3. The van der Waals surface area contributed by atoms with Crippen molar-refractivity contribution < 1.29 is 27.4 Å². The molecule has 1 N–H and O–H groups in total. The Hall–Kier alpha value is -3.63. The molecule has 7 nitrogen and oxygen atoms in total. The first kappa shape index (κ1) is 27.4. The molecule has 11 heteroatoms. The van der Waals surface area contributed by atoms with Crippen LogP contribution in [0.5, 0.6) is 5.75 Å². The van der Waals surface area contributed by atoms with Crippen LogP contribution in [0.3, 0.4) is 0 Å². The van der Waals surface area contributed by atoms with Gasteiger partial charge in [0.15, 0.2) is 5.82 Å². The molecule has 0 saturated heterocycles. The molecule has 1 atom stereocenters. The van der Waals surface area contributed by atoms with Gasteiger partial charge in [0.05, 0.1) is 24.1 Å². The highest BCUT2D eigenvalue weighted by Gasteiger charge is 2.21. The maximum atomic E-state index is 13.7. The molecule has 0 unspecified atom stereocenters. The summed E-state index contributed by atoms with van der Waals surface area (Å²) in [7, 11) is 0. The van der Waals surface area contributed by atoms with Crippen molar-refractivity contribution in [2.24, 2.45) is 0 Å². The zero-order valence-electron chi connectivity index (χ0n) is 21.0. The highest BCUT2D eigenvalue weighted by molar-refractivity contribution is 6.31. The van der Waals surface area contributed by atoms with Crippen LogP contribution in [0.15, 0.2) is 48.8 Å². The van der Waals surface area contributed by atoms with Gasteiger partial charge in [-0.2, -0.15) is 13.9 Å². The van der Waals surface area contributed by atoms with Crippen LogP contribution in [0.4, 0.5) is 13.2 Å². The van der Waals surface area contributed by atoms with Crippen LogP contribution < -0.4 is 10.1 Å². The molecule has 2 aromatic heterocycles. The van der Waals surface area contributed by atoms with Crippen LogP contribution in [-0.2, 0) is 16.1 Å². The van der Waals surface area contributed by atoms with Gasteiger partial charge in [0.2, 0.25) is 5.91 Å². The lowest BCUT2D eigenvalue weighted by Crippen LogP contribution is -2.32. The molecule has 2 aromatic carbocycles. The minimum absolute atomic E-state index is 0.0504. The zero-order chi connectivity index (χ0) is 27.4. The van der Waals surface area contributed by atoms with Crippen LogP contribution in [0.1, 0.15) is 41.8 Å². The molecule has 0 saturated carbocycles. The number of rotatable bonds is 10. The van der Waals surface area contributed by atoms with Crippen molar-refractivity contribution in [1.29, 1.82) is 0 Å². The van der Waals surface area contributed by atoms with E-state index in [1.165, 1.54) is 10.9 Å². The van der Waals surface area contributed by atoms with Crippen LogP contribution >= 0.6 is 11.6 Å². The average Bonchev–Trinajstić information content (AvgIpc) is 3.30. The highest BCUT2D eigenvalue weighted by atomic mass is 35.5. The van der Waals surface area contributed by atoms with Gasteiger partial charge in [-0.25, -0.2) is 14.1 Å². The van der Waals surface area contributed by atoms with E-state index in [9.17, 15) is 18.0 Å². The van der Waals surface area contributed by atoms with E-state index >= 15 is 0 Å². The Morgan fingerprint density at radius 1 is 1.21 bits per heavy atom. The second-order valence-corrected chi connectivity index (χ2v) is 9.15. The van der Waals surface area contributed by atoms with Gasteiger partial charge in [0, 0.05) is 21.7 Å². The average molecular weight is 547 g/mol. The number of hydrogen-bond donors (Lipinski definition) is 1. The van der Waals surface area contributed by atoms with E-state index in [0.29, 0.717) is 50.6 Å². The summed E-state index contributed by atoms with van der Waals surface area (Å²) < 4.78 is 50.2. The first-order chi connectivity index (χ1) is 18.2. The number of halogens is 4. The number of carbonyl (C=O) groups is 1. The van der Waals surface area contributed by atoms with E-state index in [4.69, 9.17) is 16.3 Å².